The van der Waals surface area contributed by atoms with Crippen molar-refractivity contribution in [1.29, 1.82) is 0 Å². The van der Waals surface area contributed by atoms with Gasteiger partial charge in [-0.3, -0.25) is 14.9 Å². The maximum absolute atomic E-state index is 11.7. The van der Waals surface area contributed by atoms with Crippen LogP contribution < -0.4 is 16.0 Å². The summed E-state index contributed by atoms with van der Waals surface area (Å²) in [6.07, 6.45) is 2.13. The van der Waals surface area contributed by atoms with Crippen LogP contribution in [0.3, 0.4) is 0 Å². The second-order valence-corrected chi connectivity index (χ2v) is 5.15. The van der Waals surface area contributed by atoms with E-state index in [4.69, 9.17) is 0 Å². The van der Waals surface area contributed by atoms with Gasteiger partial charge in [0.2, 0.25) is 11.8 Å². The Balaban J connectivity index is 1.62. The summed E-state index contributed by atoms with van der Waals surface area (Å²) >= 11 is 0. The number of carbonyl (C=O) groups excluding carboxylic acids is 2. The first kappa shape index (κ1) is 14.5. The summed E-state index contributed by atoms with van der Waals surface area (Å²) in [5.74, 6) is -0.150. The third kappa shape index (κ3) is 5.01. The normalized spacial score (nSPS) is 15.4. The minimum Gasteiger partial charge on any atom is -0.352 e. The number of carbonyl (C=O) groups is 2. The van der Waals surface area contributed by atoms with E-state index in [0.717, 1.165) is 18.4 Å². The molecule has 3 N–H and O–H groups in total. The van der Waals surface area contributed by atoms with Crippen molar-refractivity contribution in [3.05, 3.63) is 35.9 Å². The van der Waals surface area contributed by atoms with Gasteiger partial charge in [0.25, 0.3) is 0 Å². The largest absolute Gasteiger partial charge is 0.352 e. The third-order valence-corrected chi connectivity index (χ3v) is 3.22. The lowest BCUT2D eigenvalue weighted by Gasteiger charge is -2.13. The second kappa shape index (κ2) is 7.05. The van der Waals surface area contributed by atoms with E-state index in [9.17, 15) is 9.59 Å². The molecule has 0 spiro atoms. The molecule has 1 fully saturated rings. The van der Waals surface area contributed by atoms with Crippen molar-refractivity contribution >= 4 is 11.8 Å². The van der Waals surface area contributed by atoms with Gasteiger partial charge in [-0.05, 0) is 25.3 Å². The lowest BCUT2D eigenvalue weighted by atomic mass is 10.2. The molecule has 5 heteroatoms. The maximum Gasteiger partial charge on any atom is 0.237 e. The van der Waals surface area contributed by atoms with Crippen LogP contribution in [-0.4, -0.2) is 30.4 Å². The van der Waals surface area contributed by atoms with Gasteiger partial charge in [-0.15, -0.1) is 0 Å². The van der Waals surface area contributed by atoms with Crippen molar-refractivity contribution in [2.75, 3.05) is 6.54 Å². The number of amides is 2. The number of hydrogen-bond acceptors (Lipinski definition) is 3. The first-order valence-electron chi connectivity index (χ1n) is 6.99. The van der Waals surface area contributed by atoms with Crippen LogP contribution in [0.1, 0.15) is 25.3 Å². The van der Waals surface area contributed by atoms with Gasteiger partial charge in [-0.2, -0.15) is 0 Å². The van der Waals surface area contributed by atoms with E-state index in [1.807, 2.05) is 30.3 Å². The molecule has 20 heavy (non-hydrogen) atoms. The molecule has 5 nitrogen and oxygen atoms in total. The lowest BCUT2D eigenvalue weighted by molar-refractivity contribution is -0.123. The van der Waals surface area contributed by atoms with Crippen LogP contribution in [0.2, 0.25) is 0 Å². The van der Waals surface area contributed by atoms with Crippen LogP contribution >= 0.6 is 0 Å². The van der Waals surface area contributed by atoms with Crippen molar-refractivity contribution in [3.8, 4) is 0 Å². The van der Waals surface area contributed by atoms with Gasteiger partial charge < -0.3 is 10.6 Å². The Labute approximate surface area is 119 Å². The van der Waals surface area contributed by atoms with Gasteiger partial charge in [-0.1, -0.05) is 30.3 Å². The fourth-order valence-corrected chi connectivity index (χ4v) is 1.75. The molecule has 1 saturated carbocycles. The molecule has 2 rings (SSSR count). The van der Waals surface area contributed by atoms with E-state index < -0.39 is 0 Å². The van der Waals surface area contributed by atoms with E-state index in [2.05, 4.69) is 16.0 Å². The van der Waals surface area contributed by atoms with E-state index >= 15 is 0 Å². The minimum atomic E-state index is -0.349. The van der Waals surface area contributed by atoms with Crippen LogP contribution in [0.4, 0.5) is 0 Å². The van der Waals surface area contributed by atoms with Gasteiger partial charge in [0.05, 0.1) is 12.6 Å². The quantitative estimate of drug-likeness (QED) is 0.681. The van der Waals surface area contributed by atoms with Gasteiger partial charge in [0, 0.05) is 12.6 Å². The first-order chi connectivity index (χ1) is 9.65. The Morgan fingerprint density at radius 1 is 1.25 bits per heavy atom. The molecule has 1 atom stereocenters. The Kier molecular flexibility index (Phi) is 5.12. The summed E-state index contributed by atoms with van der Waals surface area (Å²) in [7, 11) is 0. The van der Waals surface area contributed by atoms with Gasteiger partial charge in [-0.25, -0.2) is 0 Å². The van der Waals surface area contributed by atoms with Gasteiger partial charge in [0.1, 0.15) is 0 Å². The summed E-state index contributed by atoms with van der Waals surface area (Å²) in [5, 5.41) is 8.64. The fraction of sp³-hybridized carbons (Fsp3) is 0.467. The molecule has 1 aliphatic carbocycles. The smallest absolute Gasteiger partial charge is 0.237 e. The van der Waals surface area contributed by atoms with Crippen LogP contribution in [0.5, 0.6) is 0 Å². The minimum absolute atomic E-state index is 0.0386. The zero-order valence-corrected chi connectivity index (χ0v) is 11.7. The molecule has 0 heterocycles. The second-order valence-electron chi connectivity index (χ2n) is 5.15. The molecular weight excluding hydrogens is 254 g/mol. The molecule has 2 amide bonds. The van der Waals surface area contributed by atoms with Gasteiger partial charge >= 0.3 is 0 Å². The highest BCUT2D eigenvalue weighted by atomic mass is 16.2. The van der Waals surface area contributed by atoms with Crippen molar-refractivity contribution in [1.82, 2.24) is 16.0 Å². The fourth-order valence-electron chi connectivity index (χ4n) is 1.75. The predicted octanol–water partition coefficient (Wildman–Crippen LogP) is 0.559. The molecule has 108 valence electrons. The molecule has 0 bridgehead atoms. The molecule has 0 saturated heterocycles. The van der Waals surface area contributed by atoms with Crippen LogP contribution in [0.15, 0.2) is 30.3 Å². The average molecular weight is 275 g/mol. The molecular formula is C15H21N3O2. The summed E-state index contributed by atoms with van der Waals surface area (Å²) in [6.45, 7) is 2.41. The zero-order chi connectivity index (χ0) is 14.4. The van der Waals surface area contributed by atoms with Crippen LogP contribution in [0, 0.1) is 0 Å². The van der Waals surface area contributed by atoms with E-state index in [1.165, 1.54) is 0 Å². The van der Waals surface area contributed by atoms with E-state index in [0.29, 0.717) is 12.6 Å². The molecule has 0 aromatic heterocycles. The number of rotatable bonds is 7. The van der Waals surface area contributed by atoms with Crippen LogP contribution in [0.25, 0.3) is 0 Å². The summed E-state index contributed by atoms with van der Waals surface area (Å²) in [6, 6.07) is 9.72. The highest BCUT2D eigenvalue weighted by molar-refractivity contribution is 5.83. The van der Waals surface area contributed by atoms with E-state index in [-0.39, 0.29) is 24.4 Å². The topological polar surface area (TPSA) is 70.2 Å². The Hall–Kier alpha value is -1.88. The standard InChI is InChI=1S/C15H21N3O2/c1-11(15(20)18-13-7-8-13)16-10-14(19)17-9-12-5-3-2-4-6-12/h2-6,11,13,16H,7-10H2,1H3,(H,17,19)(H,18,20). The predicted molar refractivity (Wildman–Crippen MR) is 76.9 cm³/mol. The first-order valence-corrected chi connectivity index (χ1v) is 6.99. The van der Waals surface area contributed by atoms with Crippen molar-refractivity contribution in [2.24, 2.45) is 0 Å². The lowest BCUT2D eigenvalue weighted by Crippen LogP contribution is -2.46. The van der Waals surface area contributed by atoms with Crippen LogP contribution in [-0.2, 0) is 16.1 Å². The average Bonchev–Trinajstić information content (AvgIpc) is 3.27. The van der Waals surface area contributed by atoms with E-state index in [1.54, 1.807) is 6.92 Å². The third-order valence-electron chi connectivity index (χ3n) is 3.22. The maximum atomic E-state index is 11.7. The summed E-state index contributed by atoms with van der Waals surface area (Å²) in [5.41, 5.74) is 1.06. The zero-order valence-electron chi connectivity index (χ0n) is 11.7. The molecule has 1 aromatic carbocycles. The number of hydrogen-bond donors (Lipinski definition) is 3. The van der Waals surface area contributed by atoms with Crippen molar-refractivity contribution in [2.45, 2.75) is 38.4 Å². The molecule has 1 aromatic rings. The van der Waals surface area contributed by atoms with Crippen molar-refractivity contribution in [3.63, 3.8) is 0 Å². The summed E-state index contributed by atoms with van der Waals surface area (Å²) < 4.78 is 0. The Bertz CT molecular complexity index is 457. The Morgan fingerprint density at radius 3 is 2.60 bits per heavy atom. The number of nitrogens with one attached hydrogen (secondary N) is 3. The highest BCUT2D eigenvalue weighted by Gasteiger charge is 2.25. The number of benzene rings is 1. The van der Waals surface area contributed by atoms with Gasteiger partial charge in [0.15, 0.2) is 0 Å². The molecule has 0 aliphatic heterocycles. The molecule has 1 unspecified atom stereocenters. The SMILES string of the molecule is CC(NCC(=O)NCc1ccccc1)C(=O)NC1CC1. The monoisotopic (exact) mass is 275 g/mol. The molecule has 1 aliphatic rings. The van der Waals surface area contributed by atoms with Crippen molar-refractivity contribution < 1.29 is 9.59 Å². The summed E-state index contributed by atoms with van der Waals surface area (Å²) in [4.78, 5) is 23.4. The highest BCUT2D eigenvalue weighted by Crippen LogP contribution is 2.18. The Morgan fingerprint density at radius 2 is 1.95 bits per heavy atom. The molecule has 0 radical (unpaired) electrons.